The van der Waals surface area contributed by atoms with Gasteiger partial charge in [-0.25, -0.2) is 0 Å². The van der Waals surface area contributed by atoms with Crippen LogP contribution < -0.4 is 45.8 Å². The Hall–Kier alpha value is -2.86. The average Bonchev–Trinajstić information content (AvgIpc) is 2.96. The molecule has 3 aromatic rings. The molecule has 0 aromatic heterocycles. The fourth-order valence-electron chi connectivity index (χ4n) is 4.55. The van der Waals surface area contributed by atoms with Crippen molar-refractivity contribution < 1.29 is 14.2 Å². The van der Waals surface area contributed by atoms with E-state index in [2.05, 4.69) is 101 Å². The third-order valence-corrected chi connectivity index (χ3v) is 12.0. The molecule has 0 bridgehead atoms. The zero-order valence-electron chi connectivity index (χ0n) is 26.9. The Morgan fingerprint density at radius 2 is 1.00 bits per heavy atom. The topological polar surface area (TPSA) is 63.8 Å². The second-order valence-electron chi connectivity index (χ2n) is 12.8. The zero-order valence-corrected chi connectivity index (χ0v) is 28.6. The minimum Gasteiger partial charge on any atom is -0.497 e. The molecule has 3 rings (SSSR count). The van der Waals surface area contributed by atoms with Crippen molar-refractivity contribution in [3.63, 3.8) is 0 Å². The highest BCUT2D eigenvalue weighted by Crippen LogP contribution is 2.52. The molecule has 42 heavy (non-hydrogen) atoms. The summed E-state index contributed by atoms with van der Waals surface area (Å²) in [5, 5.41) is 15.5. The number of thiocarbonyl (C=S) groups is 1. The van der Waals surface area contributed by atoms with Gasteiger partial charge in [-0.15, -0.1) is 0 Å². The molecule has 228 valence electrons. The molecule has 0 aliphatic carbocycles. The van der Waals surface area contributed by atoms with Gasteiger partial charge in [0.1, 0.15) is 33.2 Å². The molecule has 0 radical (unpaired) electrons. The Labute approximate surface area is 259 Å². The van der Waals surface area contributed by atoms with Crippen LogP contribution >= 0.6 is 19.6 Å². The Morgan fingerprint density at radius 1 is 0.643 bits per heavy atom. The SMILES string of the molecule is COc1ccc([P+](NC[C@@H](NC(=S)N[C@@H](C)C(C)(C)C)C(C)(C)C)(c2ccc(OC)cc2)c2ccc(OC)cc2)cc1. The predicted molar refractivity (Wildman–Crippen MR) is 184 cm³/mol. The van der Waals surface area contributed by atoms with E-state index in [1.165, 1.54) is 15.9 Å². The lowest BCUT2D eigenvalue weighted by Gasteiger charge is -2.37. The van der Waals surface area contributed by atoms with Gasteiger partial charge in [-0.3, -0.25) is 0 Å². The maximum atomic E-state index is 5.83. The molecule has 0 fully saturated rings. The van der Waals surface area contributed by atoms with Crippen LogP contribution in [0.5, 0.6) is 17.2 Å². The maximum absolute atomic E-state index is 5.83. The molecule has 0 spiro atoms. The molecular formula is C34H49N3O3PS+. The first-order valence-electron chi connectivity index (χ1n) is 14.4. The summed E-state index contributed by atoms with van der Waals surface area (Å²) < 4.78 is 16.6. The first-order chi connectivity index (χ1) is 19.7. The monoisotopic (exact) mass is 610 g/mol. The van der Waals surface area contributed by atoms with Crippen molar-refractivity contribution in [3.05, 3.63) is 72.8 Å². The van der Waals surface area contributed by atoms with Gasteiger partial charge >= 0.3 is 0 Å². The van der Waals surface area contributed by atoms with Crippen LogP contribution in [0.2, 0.25) is 0 Å². The van der Waals surface area contributed by atoms with Gasteiger partial charge in [-0.2, -0.15) is 5.09 Å². The van der Waals surface area contributed by atoms with E-state index in [0.717, 1.165) is 17.2 Å². The summed E-state index contributed by atoms with van der Waals surface area (Å²) in [4.78, 5) is 0. The number of hydrogen-bond donors (Lipinski definition) is 3. The first kappa shape index (κ1) is 33.6. The molecule has 0 saturated carbocycles. The highest BCUT2D eigenvalue weighted by atomic mass is 32.1. The molecule has 0 unspecified atom stereocenters. The van der Waals surface area contributed by atoms with Crippen molar-refractivity contribution >= 4 is 40.7 Å². The number of rotatable bonds is 11. The lowest BCUT2D eigenvalue weighted by atomic mass is 9.86. The molecule has 0 amide bonds. The summed E-state index contributed by atoms with van der Waals surface area (Å²) in [6, 6.07) is 25.5. The third-order valence-electron chi connectivity index (χ3n) is 7.91. The minimum atomic E-state index is -2.39. The number of hydrogen-bond acceptors (Lipinski definition) is 5. The molecule has 8 heteroatoms. The van der Waals surface area contributed by atoms with Crippen LogP contribution in [0.1, 0.15) is 48.5 Å². The van der Waals surface area contributed by atoms with Crippen molar-refractivity contribution in [1.29, 1.82) is 0 Å². The van der Waals surface area contributed by atoms with E-state index in [0.29, 0.717) is 11.7 Å². The summed E-state index contributed by atoms with van der Waals surface area (Å²) >= 11 is 5.83. The van der Waals surface area contributed by atoms with E-state index >= 15 is 0 Å². The summed E-state index contributed by atoms with van der Waals surface area (Å²) in [6.07, 6.45) is 0. The highest BCUT2D eigenvalue weighted by molar-refractivity contribution is 7.94. The third kappa shape index (κ3) is 8.15. The normalized spacial score (nSPS) is 13.6. The second-order valence-corrected chi connectivity index (χ2v) is 16.4. The van der Waals surface area contributed by atoms with Crippen LogP contribution in [0, 0.1) is 10.8 Å². The predicted octanol–water partition coefficient (Wildman–Crippen LogP) is 5.82. The molecule has 3 N–H and O–H groups in total. The van der Waals surface area contributed by atoms with Crippen molar-refractivity contribution in [2.45, 2.75) is 60.5 Å². The molecule has 0 aliphatic heterocycles. The van der Waals surface area contributed by atoms with Crippen LogP contribution in [0.3, 0.4) is 0 Å². The number of benzene rings is 3. The highest BCUT2D eigenvalue weighted by Gasteiger charge is 2.47. The molecule has 0 aliphatic rings. The van der Waals surface area contributed by atoms with Crippen LogP contribution in [0.15, 0.2) is 72.8 Å². The Balaban J connectivity index is 2.13. The van der Waals surface area contributed by atoms with Gasteiger partial charge in [0.15, 0.2) is 12.5 Å². The number of ether oxygens (including phenoxy) is 3. The van der Waals surface area contributed by atoms with Gasteiger partial charge in [-0.1, -0.05) is 41.5 Å². The quantitative estimate of drug-likeness (QED) is 0.187. The fourth-order valence-corrected chi connectivity index (χ4v) is 8.56. The van der Waals surface area contributed by atoms with Crippen LogP contribution in [-0.2, 0) is 0 Å². The second kappa shape index (κ2) is 14.1. The minimum absolute atomic E-state index is 0.0405. The Bertz CT molecular complexity index is 1170. The Morgan fingerprint density at radius 3 is 1.29 bits per heavy atom. The van der Waals surface area contributed by atoms with Gasteiger partial charge < -0.3 is 24.8 Å². The standard InChI is InChI=1S/C34H48N3O3PS/c1-24(33(2,3)4)36-32(42)37-31(34(5,6)7)23-35-41(28-17-11-25(38-8)12-18-28,29-19-13-26(39-9)14-20-29)30-21-15-27(40-10)16-22-30/h11-22,24,31,35H,23H2,1-10H3,(H-,36,37,42)/p+1/t24-,31+/m0/s1. The average molecular weight is 611 g/mol. The van der Waals surface area contributed by atoms with E-state index < -0.39 is 7.41 Å². The lowest BCUT2D eigenvalue weighted by molar-refractivity contribution is 0.287. The fraction of sp³-hybridized carbons (Fsp3) is 0.441. The maximum Gasteiger partial charge on any atom is 0.178 e. The molecule has 0 heterocycles. The van der Waals surface area contributed by atoms with Crippen LogP contribution in [0.25, 0.3) is 0 Å². The first-order valence-corrected chi connectivity index (χ1v) is 16.6. The van der Waals surface area contributed by atoms with E-state index in [1.54, 1.807) is 21.3 Å². The van der Waals surface area contributed by atoms with Gasteiger partial charge in [0.05, 0.1) is 27.9 Å². The van der Waals surface area contributed by atoms with E-state index in [1.807, 2.05) is 36.4 Å². The number of methoxy groups -OCH3 is 3. The smallest absolute Gasteiger partial charge is 0.178 e. The molecular weight excluding hydrogens is 561 g/mol. The van der Waals surface area contributed by atoms with Gasteiger partial charge in [0.2, 0.25) is 0 Å². The van der Waals surface area contributed by atoms with Crippen LogP contribution in [-0.4, -0.2) is 45.1 Å². The van der Waals surface area contributed by atoms with Crippen molar-refractivity contribution in [2.75, 3.05) is 27.9 Å². The van der Waals surface area contributed by atoms with Crippen molar-refractivity contribution in [1.82, 2.24) is 15.7 Å². The largest absolute Gasteiger partial charge is 0.497 e. The van der Waals surface area contributed by atoms with Crippen molar-refractivity contribution in [3.8, 4) is 17.2 Å². The molecule has 3 aromatic carbocycles. The van der Waals surface area contributed by atoms with E-state index in [-0.39, 0.29) is 22.9 Å². The number of nitrogens with one attached hydrogen (secondary N) is 3. The summed E-state index contributed by atoms with van der Waals surface area (Å²) in [7, 11) is 2.70. The van der Waals surface area contributed by atoms with Gasteiger partial charge in [0.25, 0.3) is 0 Å². The summed E-state index contributed by atoms with van der Waals surface area (Å²) in [6.45, 7) is 16.2. The van der Waals surface area contributed by atoms with E-state index in [9.17, 15) is 0 Å². The Kier molecular flexibility index (Phi) is 11.3. The lowest BCUT2D eigenvalue weighted by Crippen LogP contribution is -2.56. The van der Waals surface area contributed by atoms with Crippen LogP contribution in [0.4, 0.5) is 0 Å². The summed E-state index contributed by atoms with van der Waals surface area (Å²) in [5.41, 5.74) is -0.00189. The molecule has 2 atom stereocenters. The van der Waals surface area contributed by atoms with Gasteiger partial charge in [0, 0.05) is 12.1 Å². The van der Waals surface area contributed by atoms with Crippen molar-refractivity contribution in [2.24, 2.45) is 10.8 Å². The molecule has 6 nitrogen and oxygen atoms in total. The molecule has 0 saturated heterocycles. The van der Waals surface area contributed by atoms with E-state index in [4.69, 9.17) is 26.4 Å². The zero-order chi connectivity index (χ0) is 31.1. The summed E-state index contributed by atoms with van der Waals surface area (Å²) in [5.74, 6) is 2.46. The van der Waals surface area contributed by atoms with Gasteiger partial charge in [-0.05, 0) is 103 Å².